The van der Waals surface area contributed by atoms with Gasteiger partial charge in [0.15, 0.2) is 0 Å². The van der Waals surface area contributed by atoms with Crippen molar-refractivity contribution in [1.82, 2.24) is 5.43 Å². The van der Waals surface area contributed by atoms with E-state index < -0.39 is 5.91 Å². The highest BCUT2D eigenvalue weighted by molar-refractivity contribution is 9.10. The van der Waals surface area contributed by atoms with Gasteiger partial charge in [-0.05, 0) is 24.3 Å². The Bertz CT molecular complexity index is 521. The molecule has 0 radical (unpaired) electrons. The number of hydrogen-bond acceptors (Lipinski definition) is 5. The first kappa shape index (κ1) is 12.8. The number of nitrogens with zero attached hydrogens (tertiary/aromatic N) is 1. The van der Waals surface area contributed by atoms with E-state index in [-0.39, 0.29) is 5.56 Å². The SMILES string of the molecule is [O-]C([O-])(N/N=C\c1ccco1)c1ccc(Br)cc1. The van der Waals surface area contributed by atoms with Gasteiger partial charge in [-0.25, -0.2) is 0 Å². The molecule has 2 rings (SSSR count). The molecule has 0 aliphatic heterocycles. The summed E-state index contributed by atoms with van der Waals surface area (Å²) in [6.07, 6.45) is 2.74. The predicted molar refractivity (Wildman–Crippen MR) is 65.3 cm³/mol. The zero-order chi connectivity index (χ0) is 13.0. The van der Waals surface area contributed by atoms with Gasteiger partial charge in [0.05, 0.1) is 12.5 Å². The lowest BCUT2D eigenvalue weighted by Crippen LogP contribution is -2.61. The van der Waals surface area contributed by atoms with E-state index >= 15 is 0 Å². The summed E-state index contributed by atoms with van der Waals surface area (Å²) < 4.78 is 5.76. The number of benzene rings is 1. The van der Waals surface area contributed by atoms with E-state index in [1.165, 1.54) is 24.6 Å². The largest absolute Gasteiger partial charge is 0.843 e. The van der Waals surface area contributed by atoms with Gasteiger partial charge >= 0.3 is 0 Å². The topological polar surface area (TPSA) is 83.6 Å². The first-order valence-electron chi connectivity index (χ1n) is 5.08. The number of furan rings is 1. The minimum Gasteiger partial charge on any atom is -0.843 e. The van der Waals surface area contributed by atoms with E-state index in [0.717, 1.165) is 4.47 Å². The number of hydrogen-bond donors (Lipinski definition) is 1. The van der Waals surface area contributed by atoms with Crippen LogP contribution < -0.4 is 15.6 Å². The van der Waals surface area contributed by atoms with Gasteiger partial charge in [-0.3, -0.25) is 0 Å². The minimum atomic E-state index is -2.73. The van der Waals surface area contributed by atoms with Crippen molar-refractivity contribution in [3.8, 4) is 0 Å². The van der Waals surface area contributed by atoms with Gasteiger partial charge in [0, 0.05) is 4.47 Å². The molecule has 0 aliphatic rings. The van der Waals surface area contributed by atoms with Crippen LogP contribution in [0.15, 0.2) is 56.7 Å². The second kappa shape index (κ2) is 5.34. The van der Waals surface area contributed by atoms with Crippen molar-refractivity contribution in [2.24, 2.45) is 5.10 Å². The second-order valence-corrected chi connectivity index (χ2v) is 4.42. The van der Waals surface area contributed by atoms with E-state index in [9.17, 15) is 10.2 Å². The zero-order valence-electron chi connectivity index (χ0n) is 9.17. The monoisotopic (exact) mass is 308 g/mol. The molecule has 0 unspecified atom stereocenters. The first-order chi connectivity index (χ1) is 8.58. The molecule has 94 valence electrons. The third-order valence-corrected chi connectivity index (χ3v) is 2.70. The molecule has 5 nitrogen and oxygen atoms in total. The molecular weight excluding hydrogens is 300 g/mol. The van der Waals surface area contributed by atoms with Crippen molar-refractivity contribution in [2.45, 2.75) is 5.91 Å². The number of nitrogens with one attached hydrogen (secondary N) is 1. The summed E-state index contributed by atoms with van der Waals surface area (Å²) in [5, 5.41) is 27.0. The Morgan fingerprint density at radius 1 is 1.22 bits per heavy atom. The standard InChI is InChI=1S/C12H9BrN2O3/c13-10-5-3-9(4-6-10)12(16,17)15-14-8-11-2-1-7-18-11/h1-8,15H/q-2/b14-8-. The average Bonchev–Trinajstić information content (AvgIpc) is 2.82. The van der Waals surface area contributed by atoms with Gasteiger partial charge in [0.25, 0.3) is 0 Å². The predicted octanol–water partition coefficient (Wildman–Crippen LogP) is 0.497. The molecule has 0 spiro atoms. The lowest BCUT2D eigenvalue weighted by molar-refractivity contribution is -0.745. The fourth-order valence-corrected chi connectivity index (χ4v) is 1.54. The van der Waals surface area contributed by atoms with Gasteiger partial charge in [-0.1, -0.05) is 39.5 Å². The molecule has 1 N–H and O–H groups in total. The summed E-state index contributed by atoms with van der Waals surface area (Å²) in [4.78, 5) is 0. The van der Waals surface area contributed by atoms with E-state index in [0.29, 0.717) is 5.76 Å². The van der Waals surface area contributed by atoms with Crippen LogP contribution in [0, 0.1) is 0 Å². The molecule has 1 aromatic heterocycles. The van der Waals surface area contributed by atoms with Gasteiger partial charge in [0.1, 0.15) is 5.76 Å². The molecule has 6 heteroatoms. The van der Waals surface area contributed by atoms with Crippen molar-refractivity contribution >= 4 is 22.1 Å². The van der Waals surface area contributed by atoms with Crippen LogP contribution in [0.4, 0.5) is 0 Å². The highest BCUT2D eigenvalue weighted by Crippen LogP contribution is 2.14. The Morgan fingerprint density at radius 2 is 1.94 bits per heavy atom. The van der Waals surface area contributed by atoms with Crippen LogP contribution in [-0.4, -0.2) is 6.21 Å². The minimum absolute atomic E-state index is 0.0577. The Hall–Kier alpha value is -1.63. The maximum absolute atomic E-state index is 11.7. The summed E-state index contributed by atoms with van der Waals surface area (Å²) >= 11 is 3.22. The van der Waals surface area contributed by atoms with Crippen LogP contribution in [0.2, 0.25) is 0 Å². The maximum Gasteiger partial charge on any atom is 0.146 e. The maximum atomic E-state index is 11.7. The quantitative estimate of drug-likeness (QED) is 0.506. The first-order valence-corrected chi connectivity index (χ1v) is 5.88. The summed E-state index contributed by atoms with van der Waals surface area (Å²) in [5.41, 5.74) is 2.07. The van der Waals surface area contributed by atoms with Crippen LogP contribution in [0.1, 0.15) is 11.3 Å². The van der Waals surface area contributed by atoms with Gasteiger partial charge in [0.2, 0.25) is 0 Å². The van der Waals surface area contributed by atoms with Crippen LogP contribution in [0.5, 0.6) is 0 Å². The van der Waals surface area contributed by atoms with E-state index in [1.807, 2.05) is 5.43 Å². The summed E-state index contributed by atoms with van der Waals surface area (Å²) in [5.74, 6) is -2.28. The van der Waals surface area contributed by atoms with Crippen LogP contribution in [0.25, 0.3) is 0 Å². The average molecular weight is 309 g/mol. The Kier molecular flexibility index (Phi) is 3.81. The van der Waals surface area contributed by atoms with E-state index in [4.69, 9.17) is 4.42 Å². The van der Waals surface area contributed by atoms with Crippen molar-refractivity contribution in [3.63, 3.8) is 0 Å². The third-order valence-electron chi connectivity index (χ3n) is 2.17. The Balaban J connectivity index is 2.05. The molecule has 2 aromatic rings. The molecule has 0 fully saturated rings. The summed E-state index contributed by atoms with van der Waals surface area (Å²) in [6.45, 7) is 0. The highest BCUT2D eigenvalue weighted by Gasteiger charge is 2.03. The Labute approximate surface area is 112 Å². The molecule has 1 heterocycles. The molecule has 0 saturated heterocycles. The van der Waals surface area contributed by atoms with Gasteiger partial charge < -0.3 is 20.1 Å². The molecule has 18 heavy (non-hydrogen) atoms. The number of hydrazone groups is 1. The van der Waals surface area contributed by atoms with Crippen LogP contribution in [0.3, 0.4) is 0 Å². The van der Waals surface area contributed by atoms with Crippen molar-refractivity contribution in [3.05, 3.63) is 58.5 Å². The zero-order valence-corrected chi connectivity index (χ0v) is 10.8. The summed E-state index contributed by atoms with van der Waals surface area (Å²) in [7, 11) is 0. The lowest BCUT2D eigenvalue weighted by atomic mass is 10.2. The third kappa shape index (κ3) is 3.19. The normalized spacial score (nSPS) is 11.9. The Morgan fingerprint density at radius 3 is 2.56 bits per heavy atom. The molecule has 0 bridgehead atoms. The lowest BCUT2D eigenvalue weighted by Gasteiger charge is -2.47. The van der Waals surface area contributed by atoms with E-state index in [2.05, 4.69) is 21.0 Å². The van der Waals surface area contributed by atoms with Gasteiger partial charge in [-0.15, -0.1) is 0 Å². The van der Waals surface area contributed by atoms with Crippen molar-refractivity contribution in [1.29, 1.82) is 0 Å². The van der Waals surface area contributed by atoms with Crippen molar-refractivity contribution < 1.29 is 14.6 Å². The molecule has 0 amide bonds. The van der Waals surface area contributed by atoms with Crippen LogP contribution >= 0.6 is 15.9 Å². The van der Waals surface area contributed by atoms with Gasteiger partial charge in [-0.2, -0.15) is 5.10 Å². The smallest absolute Gasteiger partial charge is 0.146 e. The molecule has 0 atom stereocenters. The van der Waals surface area contributed by atoms with Crippen molar-refractivity contribution in [2.75, 3.05) is 0 Å². The second-order valence-electron chi connectivity index (χ2n) is 3.51. The van der Waals surface area contributed by atoms with Crippen LogP contribution in [-0.2, 0) is 5.91 Å². The highest BCUT2D eigenvalue weighted by atomic mass is 79.9. The fraction of sp³-hybridized carbons (Fsp3) is 0.0833. The summed E-state index contributed by atoms with van der Waals surface area (Å²) in [6, 6.07) is 9.47. The fourth-order valence-electron chi connectivity index (χ4n) is 1.28. The molecule has 0 aliphatic carbocycles. The molecule has 0 saturated carbocycles. The molecular formula is C12H9BrN2O3-2. The number of rotatable bonds is 4. The van der Waals surface area contributed by atoms with E-state index in [1.54, 1.807) is 24.3 Å². The molecule has 1 aromatic carbocycles. The number of halogens is 1.